The molecule has 0 saturated heterocycles. The molecule has 0 aromatic rings. The van der Waals surface area contributed by atoms with Gasteiger partial charge in [0, 0.05) is 0 Å². The fourth-order valence-corrected chi connectivity index (χ4v) is 1.84. The normalized spacial score (nSPS) is 20.0. The lowest BCUT2D eigenvalue weighted by Gasteiger charge is -2.25. The second-order valence-corrected chi connectivity index (χ2v) is 6.14. The Balaban J connectivity index is 4.83. The van der Waals surface area contributed by atoms with Crippen molar-refractivity contribution in [3.05, 3.63) is 0 Å². The Morgan fingerprint density at radius 2 is 1.09 bits per heavy atom. The van der Waals surface area contributed by atoms with Gasteiger partial charge in [-0.1, -0.05) is 0 Å². The lowest BCUT2D eigenvalue weighted by molar-refractivity contribution is -0.181. The molecular formula is C6H14O14P2. The maximum absolute atomic E-state index is 11.4. The van der Waals surface area contributed by atoms with Gasteiger partial charge < -0.3 is 45.1 Å². The summed E-state index contributed by atoms with van der Waals surface area (Å²) in [4.78, 5) is 44.7. The summed E-state index contributed by atoms with van der Waals surface area (Å²) in [5, 5.41) is 45.6. The molecule has 0 aliphatic carbocycles. The quantitative estimate of drug-likeness (QED) is 0.137. The average molecular weight is 372 g/mol. The van der Waals surface area contributed by atoms with Crippen LogP contribution in [0.15, 0.2) is 0 Å². The van der Waals surface area contributed by atoms with Crippen LogP contribution in [0.2, 0.25) is 0 Å². The molecule has 0 heterocycles. The Morgan fingerprint density at radius 3 is 1.45 bits per heavy atom. The summed E-state index contributed by atoms with van der Waals surface area (Å²) in [7, 11) is -10.6. The van der Waals surface area contributed by atoms with Crippen molar-refractivity contribution in [1.29, 1.82) is 0 Å². The van der Waals surface area contributed by atoms with Crippen molar-refractivity contribution in [2.24, 2.45) is 0 Å². The van der Waals surface area contributed by atoms with Crippen LogP contribution in [0, 0.1) is 0 Å². The summed E-state index contributed by atoms with van der Waals surface area (Å²) in [6.45, 7) is 0. The fourth-order valence-electron chi connectivity index (χ4n) is 1.04. The summed E-state index contributed by atoms with van der Waals surface area (Å²) in [6, 6.07) is 0. The molecule has 0 bridgehead atoms. The van der Waals surface area contributed by atoms with Crippen LogP contribution in [0.25, 0.3) is 0 Å². The molecule has 0 amide bonds. The molecule has 0 spiro atoms. The third-order valence-electron chi connectivity index (χ3n) is 1.96. The lowest BCUT2D eigenvalue weighted by Crippen LogP contribution is -2.50. The van der Waals surface area contributed by atoms with Crippen LogP contribution >= 0.6 is 15.6 Å². The van der Waals surface area contributed by atoms with Gasteiger partial charge in [0.1, 0.15) is 12.2 Å². The Labute approximate surface area is 121 Å². The highest BCUT2D eigenvalue weighted by Gasteiger charge is 2.40. The van der Waals surface area contributed by atoms with Crippen LogP contribution in [0.3, 0.4) is 0 Å². The standard InChI is InChI=1S/C6H14O14P2/c7-1(3(9)5(11)19-21(13,14)15)2(8)4(10)6(12)20-22(16,17)18/h1,3-7,9-12H,(H2,13,14,15)(H2,16,17,18)/t1-,3-,4?,5?,6?/m0/s1. The van der Waals surface area contributed by atoms with Crippen LogP contribution in [0.4, 0.5) is 0 Å². The zero-order chi connectivity index (χ0) is 17.9. The van der Waals surface area contributed by atoms with Gasteiger partial charge in [-0.05, 0) is 0 Å². The maximum Gasteiger partial charge on any atom is 0.472 e. The Kier molecular flexibility index (Phi) is 7.87. The number of aliphatic hydroxyl groups excluding tert-OH is 5. The van der Waals surface area contributed by atoms with E-state index in [0.29, 0.717) is 0 Å². The van der Waals surface area contributed by atoms with E-state index in [2.05, 4.69) is 9.05 Å². The van der Waals surface area contributed by atoms with E-state index in [1.807, 2.05) is 0 Å². The average Bonchev–Trinajstić information content (AvgIpc) is 2.30. The number of aliphatic hydroxyl groups is 5. The van der Waals surface area contributed by atoms with Gasteiger partial charge in [0.2, 0.25) is 0 Å². The van der Waals surface area contributed by atoms with Crippen LogP contribution < -0.4 is 0 Å². The molecule has 0 radical (unpaired) electrons. The summed E-state index contributed by atoms with van der Waals surface area (Å²) in [5.74, 6) is -1.89. The first kappa shape index (κ1) is 21.7. The topological polar surface area (TPSA) is 252 Å². The molecule has 22 heavy (non-hydrogen) atoms. The van der Waals surface area contributed by atoms with Gasteiger partial charge in [-0.3, -0.25) is 13.8 Å². The largest absolute Gasteiger partial charge is 0.472 e. The molecule has 0 rings (SSSR count). The Morgan fingerprint density at radius 1 is 0.727 bits per heavy atom. The molecule has 132 valence electrons. The van der Waals surface area contributed by atoms with E-state index in [9.17, 15) is 24.1 Å². The summed E-state index contributed by atoms with van der Waals surface area (Å²) in [5.41, 5.74) is 0. The van der Waals surface area contributed by atoms with E-state index in [4.69, 9.17) is 34.9 Å². The predicted molar refractivity (Wildman–Crippen MR) is 61.3 cm³/mol. The van der Waals surface area contributed by atoms with E-state index in [-0.39, 0.29) is 0 Å². The molecule has 14 nitrogen and oxygen atoms in total. The van der Waals surface area contributed by atoms with Gasteiger partial charge in [0.15, 0.2) is 24.5 Å². The van der Waals surface area contributed by atoms with E-state index in [0.717, 1.165) is 0 Å². The van der Waals surface area contributed by atoms with Gasteiger partial charge in [-0.15, -0.1) is 0 Å². The molecule has 0 aliphatic rings. The fraction of sp³-hybridized carbons (Fsp3) is 0.833. The Bertz CT molecular complexity index is 466. The third kappa shape index (κ3) is 7.80. The number of rotatable bonds is 9. The SMILES string of the molecule is O=C(C(O)C(O)OP(=O)(O)O)[C@H](O)[C@H](O)C(O)OP(=O)(O)O. The summed E-state index contributed by atoms with van der Waals surface area (Å²) < 4.78 is 27.8. The number of hydrogen-bond acceptors (Lipinski definition) is 10. The van der Waals surface area contributed by atoms with Crippen molar-refractivity contribution < 1.29 is 68.1 Å². The van der Waals surface area contributed by atoms with E-state index in [1.165, 1.54) is 0 Å². The Hall–Kier alpha value is -0.310. The number of Topliss-reactive ketones (excluding diaryl/α,β-unsaturated/α-hetero) is 1. The number of carbonyl (C=O) groups excluding carboxylic acids is 1. The first-order chi connectivity index (χ1) is 9.65. The molecule has 0 aromatic heterocycles. The first-order valence-electron chi connectivity index (χ1n) is 5.07. The van der Waals surface area contributed by atoms with E-state index >= 15 is 0 Å². The van der Waals surface area contributed by atoms with Gasteiger partial charge >= 0.3 is 15.6 Å². The zero-order valence-corrected chi connectivity index (χ0v) is 12.1. The number of phosphoric acid groups is 2. The monoisotopic (exact) mass is 372 g/mol. The summed E-state index contributed by atoms with van der Waals surface area (Å²) >= 11 is 0. The van der Waals surface area contributed by atoms with Crippen LogP contribution in [0.5, 0.6) is 0 Å². The second-order valence-electron chi connectivity index (χ2n) is 3.76. The molecule has 0 aromatic carbocycles. The first-order valence-corrected chi connectivity index (χ1v) is 8.13. The number of phosphoric ester groups is 2. The molecule has 0 fully saturated rings. The number of carbonyl (C=O) groups is 1. The van der Waals surface area contributed by atoms with E-state index in [1.54, 1.807) is 0 Å². The van der Waals surface area contributed by atoms with Gasteiger partial charge in [-0.2, -0.15) is 0 Å². The minimum Gasteiger partial charge on any atom is -0.385 e. The van der Waals surface area contributed by atoms with Crippen molar-refractivity contribution >= 4 is 21.4 Å². The molecular weight excluding hydrogens is 358 g/mol. The van der Waals surface area contributed by atoms with Crippen LogP contribution in [0.1, 0.15) is 0 Å². The molecule has 0 aliphatic heterocycles. The van der Waals surface area contributed by atoms with Gasteiger partial charge in [0.25, 0.3) is 0 Å². The minimum atomic E-state index is -5.30. The van der Waals surface area contributed by atoms with Crippen LogP contribution in [-0.4, -0.2) is 81.8 Å². The molecule has 9 N–H and O–H groups in total. The molecule has 0 saturated carbocycles. The second kappa shape index (κ2) is 7.99. The van der Waals surface area contributed by atoms with E-state index < -0.39 is 52.3 Å². The number of hydrogen-bond donors (Lipinski definition) is 9. The lowest BCUT2D eigenvalue weighted by atomic mass is 10.0. The van der Waals surface area contributed by atoms with Crippen molar-refractivity contribution in [3.63, 3.8) is 0 Å². The predicted octanol–water partition coefficient (Wildman–Crippen LogP) is -4.51. The number of ketones is 1. The highest BCUT2D eigenvalue weighted by molar-refractivity contribution is 7.46. The molecule has 16 heteroatoms. The minimum absolute atomic E-state index is 1.89. The molecule has 5 atom stereocenters. The maximum atomic E-state index is 11.4. The zero-order valence-electron chi connectivity index (χ0n) is 10.3. The van der Waals surface area contributed by atoms with Crippen molar-refractivity contribution in [2.75, 3.05) is 0 Å². The highest BCUT2D eigenvalue weighted by atomic mass is 31.2. The van der Waals surface area contributed by atoms with Crippen molar-refractivity contribution in [2.45, 2.75) is 30.9 Å². The van der Waals surface area contributed by atoms with Crippen molar-refractivity contribution in [3.8, 4) is 0 Å². The van der Waals surface area contributed by atoms with Gasteiger partial charge in [-0.25, -0.2) is 9.13 Å². The smallest absolute Gasteiger partial charge is 0.385 e. The molecule has 3 unspecified atom stereocenters. The van der Waals surface area contributed by atoms with Crippen LogP contribution in [-0.2, 0) is 23.0 Å². The highest BCUT2D eigenvalue weighted by Crippen LogP contribution is 2.39. The summed E-state index contributed by atoms with van der Waals surface area (Å²) in [6.07, 6.45) is -13.7. The van der Waals surface area contributed by atoms with Gasteiger partial charge in [0.05, 0.1) is 0 Å². The third-order valence-corrected chi connectivity index (χ3v) is 2.94. The van der Waals surface area contributed by atoms with Crippen molar-refractivity contribution in [1.82, 2.24) is 0 Å².